The van der Waals surface area contributed by atoms with E-state index in [9.17, 15) is 0 Å². The molecule has 0 fully saturated rings. The maximum Gasteiger partial charge on any atom is 0.184 e. The van der Waals surface area contributed by atoms with Crippen LogP contribution in [0, 0.1) is 0 Å². The topological polar surface area (TPSA) is 131 Å². The number of rotatable bonds is 5. The summed E-state index contributed by atoms with van der Waals surface area (Å²) in [5.74, 6) is 0. The number of thiocarbonyl (C=S) groups is 1. The fourth-order valence-electron chi connectivity index (χ4n) is 0.601. The quantitative estimate of drug-likeness (QED) is 0.165. The summed E-state index contributed by atoms with van der Waals surface area (Å²) in [4.78, 5) is 0. The average Bonchev–Trinajstić information content (AvgIpc) is 2.14. The molecule has 0 unspecified atom stereocenters. The molecule has 7 N–H and O–H groups in total. The highest BCUT2D eigenvalue weighted by molar-refractivity contribution is 7.80. The lowest BCUT2D eigenvalue weighted by Gasteiger charge is -2.17. The number of hydrazone groups is 1. The molecule has 82 valence electrons. The maximum absolute atomic E-state index is 9.14. The van der Waals surface area contributed by atoms with Crippen LogP contribution in [0.2, 0.25) is 0 Å². The molecular formula is C6H13N3O4S. The van der Waals surface area contributed by atoms with Crippen LogP contribution in [-0.2, 0) is 0 Å². The van der Waals surface area contributed by atoms with Gasteiger partial charge in [-0.3, -0.25) is 5.43 Å². The lowest BCUT2D eigenvalue weighted by Crippen LogP contribution is -2.40. The minimum Gasteiger partial charge on any atom is -0.394 e. The van der Waals surface area contributed by atoms with Gasteiger partial charge in [-0.1, -0.05) is 0 Å². The van der Waals surface area contributed by atoms with Crippen molar-refractivity contribution in [1.82, 2.24) is 5.43 Å². The summed E-state index contributed by atoms with van der Waals surface area (Å²) in [6.45, 7) is -0.658. The van der Waals surface area contributed by atoms with Gasteiger partial charge in [-0.05, 0) is 12.2 Å². The van der Waals surface area contributed by atoms with Crippen molar-refractivity contribution in [3.05, 3.63) is 0 Å². The predicted octanol–water partition coefficient (Wildman–Crippen LogP) is -3.12. The van der Waals surface area contributed by atoms with Crippen LogP contribution in [0.4, 0.5) is 0 Å². The van der Waals surface area contributed by atoms with Gasteiger partial charge in [-0.2, -0.15) is 5.10 Å². The second-order valence-electron chi connectivity index (χ2n) is 2.49. The molecule has 0 amide bonds. The van der Waals surface area contributed by atoms with Crippen LogP contribution in [0.15, 0.2) is 5.10 Å². The molecule has 0 saturated carbocycles. The van der Waals surface area contributed by atoms with E-state index in [1.165, 1.54) is 0 Å². The molecule has 7 nitrogen and oxygen atoms in total. The van der Waals surface area contributed by atoms with E-state index in [1.54, 1.807) is 0 Å². The molecule has 0 aromatic carbocycles. The fourth-order valence-corrected chi connectivity index (χ4v) is 0.654. The van der Waals surface area contributed by atoms with Gasteiger partial charge in [-0.25, -0.2) is 0 Å². The van der Waals surface area contributed by atoms with Crippen LogP contribution in [0.25, 0.3) is 0 Å². The van der Waals surface area contributed by atoms with Crippen molar-refractivity contribution in [2.24, 2.45) is 10.8 Å². The van der Waals surface area contributed by atoms with E-state index in [2.05, 4.69) is 22.7 Å². The van der Waals surface area contributed by atoms with Crippen molar-refractivity contribution in [3.8, 4) is 0 Å². The van der Waals surface area contributed by atoms with Crippen molar-refractivity contribution in [3.63, 3.8) is 0 Å². The molecule has 0 aromatic rings. The third kappa shape index (κ3) is 5.04. The monoisotopic (exact) mass is 223 g/mol. The number of aliphatic hydroxyl groups excluding tert-OH is 4. The second kappa shape index (κ2) is 6.62. The van der Waals surface area contributed by atoms with Gasteiger partial charge in [0.1, 0.15) is 18.3 Å². The third-order valence-corrected chi connectivity index (χ3v) is 1.42. The van der Waals surface area contributed by atoms with Gasteiger partial charge in [0.15, 0.2) is 5.11 Å². The zero-order valence-electron chi connectivity index (χ0n) is 7.24. The predicted molar refractivity (Wildman–Crippen MR) is 53.5 cm³/mol. The van der Waals surface area contributed by atoms with Crippen LogP contribution in [-0.4, -0.2) is 56.7 Å². The minimum atomic E-state index is -1.52. The van der Waals surface area contributed by atoms with Gasteiger partial charge in [0.2, 0.25) is 0 Å². The van der Waals surface area contributed by atoms with Crippen LogP contribution in [0.1, 0.15) is 0 Å². The van der Waals surface area contributed by atoms with Gasteiger partial charge >= 0.3 is 0 Å². The molecule has 14 heavy (non-hydrogen) atoms. The van der Waals surface area contributed by atoms with Gasteiger partial charge < -0.3 is 26.2 Å². The van der Waals surface area contributed by atoms with Crippen LogP contribution in [0.3, 0.4) is 0 Å². The lowest BCUT2D eigenvalue weighted by atomic mass is 10.1. The molecular weight excluding hydrogens is 210 g/mol. The number of aliphatic hydroxyl groups is 4. The number of nitrogens with one attached hydrogen (secondary N) is 1. The Hall–Kier alpha value is -0.800. The molecule has 0 heterocycles. The van der Waals surface area contributed by atoms with E-state index in [0.717, 1.165) is 6.21 Å². The molecule has 3 atom stereocenters. The van der Waals surface area contributed by atoms with Crippen LogP contribution >= 0.6 is 12.2 Å². The first-order valence-electron chi connectivity index (χ1n) is 3.72. The van der Waals surface area contributed by atoms with Gasteiger partial charge in [0.05, 0.1) is 12.8 Å². The average molecular weight is 223 g/mol. The van der Waals surface area contributed by atoms with Gasteiger partial charge in [0, 0.05) is 0 Å². The Balaban J connectivity index is 3.99. The Morgan fingerprint density at radius 2 is 2.07 bits per heavy atom. The number of hydrogen-bond acceptors (Lipinski definition) is 6. The minimum absolute atomic E-state index is 0.0920. The van der Waals surface area contributed by atoms with E-state index in [4.69, 9.17) is 26.2 Å². The van der Waals surface area contributed by atoms with Crippen molar-refractivity contribution in [2.75, 3.05) is 6.61 Å². The van der Waals surface area contributed by atoms with Crippen molar-refractivity contribution in [1.29, 1.82) is 0 Å². The first-order valence-corrected chi connectivity index (χ1v) is 4.13. The fraction of sp³-hybridized carbons (Fsp3) is 0.667. The van der Waals surface area contributed by atoms with Crippen molar-refractivity contribution in [2.45, 2.75) is 18.3 Å². The maximum atomic E-state index is 9.14. The molecule has 0 aliphatic heterocycles. The Morgan fingerprint density at radius 3 is 2.50 bits per heavy atom. The van der Waals surface area contributed by atoms with Crippen molar-refractivity contribution < 1.29 is 20.4 Å². The lowest BCUT2D eigenvalue weighted by molar-refractivity contribution is -0.0542. The molecule has 0 radical (unpaired) electrons. The zero-order valence-corrected chi connectivity index (χ0v) is 8.05. The summed E-state index contributed by atoms with van der Waals surface area (Å²) in [6.07, 6.45) is -3.46. The summed E-state index contributed by atoms with van der Waals surface area (Å²) in [7, 11) is 0. The Morgan fingerprint density at radius 1 is 1.50 bits per heavy atom. The zero-order chi connectivity index (χ0) is 11.1. The summed E-state index contributed by atoms with van der Waals surface area (Å²) in [6, 6.07) is 0. The van der Waals surface area contributed by atoms with Gasteiger partial charge in [-0.15, -0.1) is 0 Å². The number of nitrogens with two attached hydrogens (primary N) is 1. The van der Waals surface area contributed by atoms with E-state index in [0.29, 0.717) is 0 Å². The Bertz CT molecular complexity index is 213. The molecule has 0 aliphatic rings. The highest BCUT2D eigenvalue weighted by atomic mass is 32.1. The summed E-state index contributed by atoms with van der Waals surface area (Å²) >= 11 is 4.41. The molecule has 0 saturated heterocycles. The number of hydrogen-bond donors (Lipinski definition) is 6. The highest BCUT2D eigenvalue weighted by Crippen LogP contribution is 1.97. The first-order chi connectivity index (χ1) is 6.49. The molecule has 0 rings (SSSR count). The van der Waals surface area contributed by atoms with Crippen LogP contribution < -0.4 is 11.2 Å². The normalized spacial score (nSPS) is 17.7. The standard InChI is InChI=1S/C6H13N3O4S/c7-6(14)9-8-1-3(11)5(13)4(12)2-10/h1,3-5,10-13H,2H2,(H3,7,9,14)/b8-1-/t3-,4-,5-/m1/s1. The molecule has 0 bridgehead atoms. The molecule has 0 spiro atoms. The molecule has 8 heteroatoms. The smallest absolute Gasteiger partial charge is 0.184 e. The number of nitrogens with zero attached hydrogens (tertiary/aromatic N) is 1. The van der Waals surface area contributed by atoms with Crippen LogP contribution in [0.5, 0.6) is 0 Å². The first kappa shape index (κ1) is 13.2. The Labute approximate surface area is 85.9 Å². The van der Waals surface area contributed by atoms with E-state index < -0.39 is 24.9 Å². The SMILES string of the molecule is NC(=S)N/N=C\[C@@H](O)[C@@H](O)[C@H](O)CO. The molecule has 0 aliphatic carbocycles. The summed E-state index contributed by atoms with van der Waals surface area (Å²) in [5, 5.41) is 38.9. The van der Waals surface area contributed by atoms with Crippen molar-refractivity contribution >= 4 is 23.5 Å². The van der Waals surface area contributed by atoms with Gasteiger partial charge in [0.25, 0.3) is 0 Å². The third-order valence-electron chi connectivity index (χ3n) is 1.33. The largest absolute Gasteiger partial charge is 0.394 e. The summed E-state index contributed by atoms with van der Waals surface area (Å²) < 4.78 is 0. The van der Waals surface area contributed by atoms with E-state index in [-0.39, 0.29) is 5.11 Å². The van der Waals surface area contributed by atoms with E-state index in [1.807, 2.05) is 0 Å². The Kier molecular flexibility index (Phi) is 6.25. The van der Waals surface area contributed by atoms with E-state index >= 15 is 0 Å². The second-order valence-corrected chi connectivity index (χ2v) is 2.93. The summed E-state index contributed by atoms with van der Waals surface area (Å²) in [5.41, 5.74) is 7.17. The highest BCUT2D eigenvalue weighted by Gasteiger charge is 2.22. The molecule has 0 aromatic heterocycles.